The number of hydrogen-bond donors (Lipinski definition) is 2. The number of nitrogens with one attached hydrogen (secondary N) is 1. The molecule has 18 heavy (non-hydrogen) atoms. The van der Waals surface area contributed by atoms with Crippen LogP contribution < -0.4 is 5.32 Å². The molecule has 0 saturated heterocycles. The molecule has 0 fully saturated rings. The molecule has 0 spiro atoms. The van der Waals surface area contributed by atoms with Crippen LogP contribution in [0.25, 0.3) is 0 Å². The summed E-state index contributed by atoms with van der Waals surface area (Å²) in [5.74, 6) is -3.16. The third kappa shape index (κ3) is 5.20. The minimum Gasteiger partial charge on any atom is -0.478 e. The van der Waals surface area contributed by atoms with Gasteiger partial charge in [-0.05, 0) is 24.1 Å². The van der Waals surface area contributed by atoms with Crippen molar-refractivity contribution in [2.24, 2.45) is 0 Å². The summed E-state index contributed by atoms with van der Waals surface area (Å²) < 4.78 is 25.6. The molecule has 0 heterocycles. The quantitative estimate of drug-likeness (QED) is 0.778. The van der Waals surface area contributed by atoms with E-state index in [1.54, 1.807) is 0 Å². The van der Waals surface area contributed by atoms with E-state index in [-0.39, 0.29) is 13.0 Å². The van der Waals surface area contributed by atoms with Crippen molar-refractivity contribution in [1.29, 1.82) is 0 Å². The second-order valence-corrected chi connectivity index (χ2v) is 3.49. The zero-order valence-electron chi connectivity index (χ0n) is 9.32. The van der Waals surface area contributed by atoms with Crippen molar-refractivity contribution in [3.8, 4) is 0 Å². The maximum atomic E-state index is 12.8. The van der Waals surface area contributed by atoms with Gasteiger partial charge >= 0.3 is 5.97 Å². The average molecular weight is 255 g/mol. The average Bonchev–Trinajstić information content (AvgIpc) is 2.25. The van der Waals surface area contributed by atoms with Gasteiger partial charge in [-0.2, -0.15) is 0 Å². The van der Waals surface area contributed by atoms with E-state index in [1.165, 1.54) is 12.1 Å². The molecule has 0 radical (unpaired) electrons. The van der Waals surface area contributed by atoms with E-state index in [1.807, 2.05) is 0 Å². The lowest BCUT2D eigenvalue weighted by Crippen LogP contribution is -2.23. The second kappa shape index (κ2) is 6.48. The van der Waals surface area contributed by atoms with Gasteiger partial charge in [-0.15, -0.1) is 0 Å². The predicted octanol–water partition coefficient (Wildman–Crippen LogP) is 1.26. The van der Waals surface area contributed by atoms with E-state index in [9.17, 15) is 18.4 Å². The van der Waals surface area contributed by atoms with Crippen LogP contribution in [0.1, 0.15) is 5.56 Å². The van der Waals surface area contributed by atoms with Gasteiger partial charge in [0.2, 0.25) is 5.91 Å². The molecule has 0 aromatic heterocycles. The minimum atomic E-state index is -1.22. The molecule has 2 N–H and O–H groups in total. The van der Waals surface area contributed by atoms with Gasteiger partial charge in [0.25, 0.3) is 0 Å². The number of halogens is 2. The molecular formula is C12H11F2NO3. The Hall–Kier alpha value is -2.24. The monoisotopic (exact) mass is 255 g/mol. The van der Waals surface area contributed by atoms with Crippen LogP contribution in [0.2, 0.25) is 0 Å². The lowest BCUT2D eigenvalue weighted by Gasteiger charge is -2.03. The number of rotatable bonds is 5. The number of carbonyl (C=O) groups is 2. The Kier molecular flexibility index (Phi) is 4.98. The number of carboxylic acid groups (broad SMARTS) is 1. The third-order valence-corrected chi connectivity index (χ3v) is 2.01. The summed E-state index contributed by atoms with van der Waals surface area (Å²) >= 11 is 0. The molecule has 0 aliphatic rings. The molecule has 0 aliphatic carbocycles. The van der Waals surface area contributed by atoms with Crippen LogP contribution in [-0.2, 0) is 16.0 Å². The summed E-state index contributed by atoms with van der Waals surface area (Å²) in [7, 11) is 0. The number of aliphatic carboxylic acids is 1. The summed E-state index contributed by atoms with van der Waals surface area (Å²) in [6, 6.07) is 3.10. The Morgan fingerprint density at radius 1 is 1.17 bits per heavy atom. The molecule has 0 atom stereocenters. The Balaban J connectivity index is 2.42. The van der Waals surface area contributed by atoms with Crippen LogP contribution >= 0.6 is 0 Å². The van der Waals surface area contributed by atoms with Crippen molar-refractivity contribution < 1.29 is 23.5 Å². The molecule has 1 aromatic carbocycles. The Morgan fingerprint density at radius 2 is 1.78 bits per heavy atom. The van der Waals surface area contributed by atoms with E-state index < -0.39 is 23.5 Å². The van der Waals surface area contributed by atoms with Crippen LogP contribution in [0.3, 0.4) is 0 Å². The van der Waals surface area contributed by atoms with Gasteiger partial charge in [-0.3, -0.25) is 4.79 Å². The fourth-order valence-corrected chi connectivity index (χ4v) is 1.29. The first kappa shape index (κ1) is 13.8. The van der Waals surface area contributed by atoms with Gasteiger partial charge in [0, 0.05) is 24.8 Å². The first-order chi connectivity index (χ1) is 8.47. The zero-order chi connectivity index (χ0) is 13.5. The van der Waals surface area contributed by atoms with Gasteiger partial charge in [0.05, 0.1) is 0 Å². The highest BCUT2D eigenvalue weighted by atomic mass is 19.1. The van der Waals surface area contributed by atoms with Gasteiger partial charge in [0.15, 0.2) is 0 Å². The lowest BCUT2D eigenvalue weighted by molar-refractivity contribution is -0.131. The number of benzene rings is 1. The lowest BCUT2D eigenvalue weighted by atomic mass is 10.1. The van der Waals surface area contributed by atoms with Crippen LogP contribution in [0.4, 0.5) is 8.78 Å². The smallest absolute Gasteiger partial charge is 0.328 e. The molecule has 0 bridgehead atoms. The molecular weight excluding hydrogens is 244 g/mol. The summed E-state index contributed by atoms with van der Waals surface area (Å²) in [6.45, 7) is 0.158. The predicted molar refractivity (Wildman–Crippen MR) is 59.8 cm³/mol. The molecule has 1 aromatic rings. The molecule has 0 saturated carbocycles. The zero-order valence-corrected chi connectivity index (χ0v) is 9.32. The highest BCUT2D eigenvalue weighted by molar-refractivity contribution is 5.93. The van der Waals surface area contributed by atoms with E-state index in [0.717, 1.165) is 12.1 Å². The SMILES string of the molecule is O=C(O)C=CC(=O)NCCc1cc(F)cc(F)c1. The number of hydrogen-bond acceptors (Lipinski definition) is 2. The summed E-state index contributed by atoms with van der Waals surface area (Å²) in [6.07, 6.45) is 1.83. The minimum absolute atomic E-state index is 0.158. The van der Waals surface area contributed by atoms with Gasteiger partial charge < -0.3 is 10.4 Å². The van der Waals surface area contributed by atoms with Crippen molar-refractivity contribution in [2.45, 2.75) is 6.42 Å². The van der Waals surface area contributed by atoms with Gasteiger partial charge in [0.1, 0.15) is 11.6 Å². The van der Waals surface area contributed by atoms with E-state index in [4.69, 9.17) is 5.11 Å². The molecule has 0 aliphatic heterocycles. The van der Waals surface area contributed by atoms with Crippen molar-refractivity contribution >= 4 is 11.9 Å². The molecule has 0 unspecified atom stereocenters. The van der Waals surface area contributed by atoms with Crippen LogP contribution in [0, 0.1) is 11.6 Å². The van der Waals surface area contributed by atoms with Gasteiger partial charge in [-0.25, -0.2) is 13.6 Å². The first-order valence-corrected chi connectivity index (χ1v) is 5.11. The molecule has 1 amide bonds. The maximum absolute atomic E-state index is 12.8. The van der Waals surface area contributed by atoms with Crippen molar-refractivity contribution in [1.82, 2.24) is 5.32 Å². The number of carboxylic acids is 1. The fourth-order valence-electron chi connectivity index (χ4n) is 1.29. The highest BCUT2D eigenvalue weighted by Crippen LogP contribution is 2.07. The molecule has 96 valence electrons. The standard InChI is InChI=1S/C12H11F2NO3/c13-9-5-8(6-10(14)7-9)3-4-15-11(16)1-2-12(17)18/h1-2,5-7H,3-4H2,(H,15,16)(H,17,18). The largest absolute Gasteiger partial charge is 0.478 e. The van der Waals surface area contributed by atoms with Crippen LogP contribution in [0.5, 0.6) is 0 Å². The van der Waals surface area contributed by atoms with Crippen molar-refractivity contribution in [3.63, 3.8) is 0 Å². The first-order valence-electron chi connectivity index (χ1n) is 5.11. The van der Waals surface area contributed by atoms with E-state index in [2.05, 4.69) is 5.32 Å². The second-order valence-electron chi connectivity index (χ2n) is 3.49. The molecule has 4 nitrogen and oxygen atoms in total. The number of amides is 1. The summed E-state index contributed by atoms with van der Waals surface area (Å²) in [4.78, 5) is 21.2. The topological polar surface area (TPSA) is 66.4 Å². The normalized spacial score (nSPS) is 10.6. The number of carbonyl (C=O) groups excluding carboxylic acids is 1. The van der Waals surface area contributed by atoms with Crippen molar-refractivity contribution in [2.75, 3.05) is 6.54 Å². The maximum Gasteiger partial charge on any atom is 0.328 e. The van der Waals surface area contributed by atoms with E-state index >= 15 is 0 Å². The fraction of sp³-hybridized carbons (Fsp3) is 0.167. The van der Waals surface area contributed by atoms with Gasteiger partial charge in [-0.1, -0.05) is 0 Å². The Morgan fingerprint density at radius 3 is 2.33 bits per heavy atom. The third-order valence-electron chi connectivity index (χ3n) is 2.01. The summed E-state index contributed by atoms with van der Waals surface area (Å²) in [5, 5.41) is 10.7. The van der Waals surface area contributed by atoms with Crippen LogP contribution in [0.15, 0.2) is 30.4 Å². The van der Waals surface area contributed by atoms with Crippen LogP contribution in [-0.4, -0.2) is 23.5 Å². The molecule has 1 rings (SSSR count). The molecule has 6 heteroatoms. The van der Waals surface area contributed by atoms with E-state index in [0.29, 0.717) is 11.6 Å². The summed E-state index contributed by atoms with van der Waals surface area (Å²) in [5.41, 5.74) is 0.412. The Labute approximate surface area is 102 Å². The highest BCUT2D eigenvalue weighted by Gasteiger charge is 2.01. The van der Waals surface area contributed by atoms with Crippen molar-refractivity contribution in [3.05, 3.63) is 47.5 Å². The Bertz CT molecular complexity index is 466.